The number of para-hydroxylation sites is 5. The second-order valence-corrected chi connectivity index (χ2v) is 15.2. The molecule has 2 aromatic heterocycles. The van der Waals surface area contributed by atoms with Crippen LogP contribution in [0.1, 0.15) is 22.3 Å². The lowest BCUT2D eigenvalue weighted by atomic mass is 9.61. The van der Waals surface area contributed by atoms with E-state index in [2.05, 4.69) is 203 Å². The third-order valence-electron chi connectivity index (χ3n) is 12.5. The van der Waals surface area contributed by atoms with Crippen molar-refractivity contribution in [2.45, 2.75) is 5.41 Å². The van der Waals surface area contributed by atoms with Crippen molar-refractivity contribution in [3.8, 4) is 34.0 Å². The van der Waals surface area contributed by atoms with Gasteiger partial charge in [0.05, 0.1) is 33.2 Å². The molecule has 0 saturated heterocycles. The maximum absolute atomic E-state index is 6.97. The second-order valence-electron chi connectivity index (χ2n) is 15.2. The Balaban J connectivity index is 1.05. The van der Waals surface area contributed by atoms with E-state index in [1.54, 1.807) is 0 Å². The van der Waals surface area contributed by atoms with Crippen LogP contribution in [0.4, 0.5) is 0 Å². The van der Waals surface area contributed by atoms with Crippen molar-refractivity contribution < 1.29 is 4.74 Å². The van der Waals surface area contributed by atoms with E-state index in [0.717, 1.165) is 33.9 Å². The van der Waals surface area contributed by atoms with Crippen molar-refractivity contribution in [1.29, 1.82) is 0 Å². The van der Waals surface area contributed by atoms with E-state index >= 15 is 0 Å². The minimum atomic E-state index is -0.583. The van der Waals surface area contributed by atoms with Crippen molar-refractivity contribution in [1.82, 2.24) is 9.13 Å². The summed E-state index contributed by atoms with van der Waals surface area (Å²) in [5, 5.41) is 7.48. The third kappa shape index (κ3) is 3.76. The Morgan fingerprint density at radius 2 is 0.982 bits per heavy atom. The third-order valence-corrected chi connectivity index (χ3v) is 12.5. The van der Waals surface area contributed by atoms with Crippen LogP contribution in [-0.4, -0.2) is 9.13 Å². The summed E-state index contributed by atoms with van der Waals surface area (Å²) < 4.78 is 11.9. The number of hydrogen-bond acceptors (Lipinski definition) is 1. The zero-order chi connectivity index (χ0) is 36.5. The van der Waals surface area contributed by atoms with Crippen LogP contribution in [0.3, 0.4) is 0 Å². The maximum Gasteiger partial charge on any atom is 0.132 e. The van der Waals surface area contributed by atoms with E-state index < -0.39 is 5.41 Å². The first kappa shape index (κ1) is 30.0. The molecule has 260 valence electrons. The fraction of sp³-hybridized carbons (Fsp3) is 0.0189. The first-order valence-electron chi connectivity index (χ1n) is 19.3. The molecule has 1 spiro atoms. The van der Waals surface area contributed by atoms with Crippen molar-refractivity contribution in [3.63, 3.8) is 0 Å². The van der Waals surface area contributed by atoms with Gasteiger partial charge in [-0.05, 0) is 87.6 Å². The molecule has 0 fully saturated rings. The van der Waals surface area contributed by atoms with Gasteiger partial charge in [-0.3, -0.25) is 0 Å². The van der Waals surface area contributed by atoms with Crippen LogP contribution < -0.4 is 4.74 Å². The maximum atomic E-state index is 6.97. The Labute approximate surface area is 322 Å². The smallest absolute Gasteiger partial charge is 0.132 e. The molecule has 0 radical (unpaired) electrons. The molecule has 9 aromatic carbocycles. The predicted octanol–water partition coefficient (Wildman–Crippen LogP) is 13.5. The van der Waals surface area contributed by atoms with Crippen LogP contribution in [0.15, 0.2) is 194 Å². The Morgan fingerprint density at radius 1 is 0.357 bits per heavy atom. The molecule has 4 heterocycles. The van der Waals surface area contributed by atoms with Crippen LogP contribution >= 0.6 is 0 Å². The van der Waals surface area contributed by atoms with Crippen LogP contribution in [0.5, 0.6) is 11.5 Å². The topological polar surface area (TPSA) is 19.1 Å². The zero-order valence-electron chi connectivity index (χ0n) is 30.3. The normalized spacial score (nSPS) is 15.4. The Morgan fingerprint density at radius 3 is 1.88 bits per heavy atom. The molecule has 56 heavy (non-hydrogen) atoms. The summed E-state index contributed by atoms with van der Waals surface area (Å²) in [6.45, 7) is 0. The standard InChI is InChI=1S/C53H32N2O/c1-2-13-34-30-37(27-24-33(34)12-1)54-46-20-7-4-15-39(46)41-31-35(26-29-48(41)54)36-25-28-44-51(32-36)56-50-23-10-6-18-43(50)53(44)42-17-5-9-22-49(42)55-47-21-8-3-14-38(47)40-16-11-19-45(53)52(40)55/h1-32H. The molecule has 2 aliphatic rings. The Kier molecular flexibility index (Phi) is 5.83. The van der Waals surface area contributed by atoms with Gasteiger partial charge >= 0.3 is 0 Å². The fourth-order valence-electron chi connectivity index (χ4n) is 10.3. The number of fused-ring (bicyclic) bond motifs is 15. The molecule has 2 aliphatic heterocycles. The van der Waals surface area contributed by atoms with E-state index in [4.69, 9.17) is 4.74 Å². The van der Waals surface area contributed by atoms with Crippen molar-refractivity contribution >= 4 is 54.4 Å². The number of aromatic nitrogens is 2. The average molecular weight is 713 g/mol. The molecular weight excluding hydrogens is 681 g/mol. The summed E-state index contributed by atoms with van der Waals surface area (Å²) >= 11 is 0. The van der Waals surface area contributed by atoms with E-state index in [-0.39, 0.29) is 0 Å². The summed E-state index contributed by atoms with van der Waals surface area (Å²) in [6, 6.07) is 71.2. The lowest BCUT2D eigenvalue weighted by Crippen LogP contribution is -2.37. The first-order chi connectivity index (χ1) is 27.8. The molecule has 3 heteroatoms. The molecule has 1 atom stereocenters. The molecule has 3 nitrogen and oxygen atoms in total. The summed E-state index contributed by atoms with van der Waals surface area (Å²) in [6.07, 6.45) is 0. The summed E-state index contributed by atoms with van der Waals surface area (Å²) in [7, 11) is 0. The van der Waals surface area contributed by atoms with Crippen LogP contribution in [-0.2, 0) is 5.41 Å². The molecule has 0 N–H and O–H groups in total. The number of ether oxygens (including phenoxy) is 1. The monoisotopic (exact) mass is 712 g/mol. The SMILES string of the molecule is c1ccc2c(c1)Oc1cc(-c3ccc4c(c3)c3ccccc3n4-c3ccc4ccccc4c3)ccc1C21c2ccccc2-n2c3ccccc3c3cccc1c32. The highest BCUT2D eigenvalue weighted by molar-refractivity contribution is 6.13. The van der Waals surface area contributed by atoms with E-state index in [0.29, 0.717) is 0 Å². The highest BCUT2D eigenvalue weighted by Gasteiger charge is 2.50. The largest absolute Gasteiger partial charge is 0.457 e. The molecule has 0 bridgehead atoms. The first-order valence-corrected chi connectivity index (χ1v) is 19.3. The highest BCUT2D eigenvalue weighted by Crippen LogP contribution is 2.60. The van der Waals surface area contributed by atoms with E-state index in [1.165, 1.54) is 76.8 Å². The summed E-state index contributed by atoms with van der Waals surface area (Å²) in [5.74, 6) is 1.78. The van der Waals surface area contributed by atoms with Crippen molar-refractivity contribution in [3.05, 3.63) is 216 Å². The molecule has 1 unspecified atom stereocenters. The van der Waals surface area contributed by atoms with Gasteiger partial charge in [-0.25, -0.2) is 0 Å². The van der Waals surface area contributed by atoms with Crippen molar-refractivity contribution in [2.24, 2.45) is 0 Å². The Hall–Kier alpha value is -7.36. The molecule has 11 aromatic rings. The zero-order valence-corrected chi connectivity index (χ0v) is 30.3. The molecule has 0 amide bonds. The van der Waals surface area contributed by atoms with Gasteiger partial charge in [0.1, 0.15) is 11.5 Å². The van der Waals surface area contributed by atoms with Gasteiger partial charge in [-0.1, -0.05) is 140 Å². The lowest BCUT2D eigenvalue weighted by molar-refractivity contribution is 0.434. The van der Waals surface area contributed by atoms with E-state index in [1.807, 2.05) is 0 Å². The van der Waals surface area contributed by atoms with Gasteiger partial charge in [0.25, 0.3) is 0 Å². The average Bonchev–Trinajstić information content (AvgIpc) is 3.78. The van der Waals surface area contributed by atoms with Crippen molar-refractivity contribution in [2.75, 3.05) is 0 Å². The number of rotatable bonds is 2. The quantitative estimate of drug-likeness (QED) is 0.175. The van der Waals surface area contributed by atoms with Crippen LogP contribution in [0.25, 0.3) is 76.9 Å². The van der Waals surface area contributed by atoms with Gasteiger partial charge in [-0.2, -0.15) is 0 Å². The summed E-state index contributed by atoms with van der Waals surface area (Å²) in [5.41, 5.74) is 13.8. The molecule has 0 aliphatic carbocycles. The minimum Gasteiger partial charge on any atom is -0.457 e. The summed E-state index contributed by atoms with van der Waals surface area (Å²) in [4.78, 5) is 0. The highest BCUT2D eigenvalue weighted by atomic mass is 16.5. The minimum absolute atomic E-state index is 0.583. The predicted molar refractivity (Wildman–Crippen MR) is 230 cm³/mol. The molecule has 0 saturated carbocycles. The van der Waals surface area contributed by atoms with Crippen LogP contribution in [0, 0.1) is 0 Å². The number of nitrogens with zero attached hydrogens (tertiary/aromatic N) is 2. The van der Waals surface area contributed by atoms with E-state index in [9.17, 15) is 0 Å². The van der Waals surface area contributed by atoms with Gasteiger partial charge < -0.3 is 13.9 Å². The molecular formula is C53H32N2O. The fourth-order valence-corrected chi connectivity index (χ4v) is 10.3. The van der Waals surface area contributed by atoms with Gasteiger partial charge in [0.15, 0.2) is 0 Å². The second kappa shape index (κ2) is 10.9. The Bertz CT molecular complexity index is 3470. The van der Waals surface area contributed by atoms with Crippen LogP contribution in [0.2, 0.25) is 0 Å². The van der Waals surface area contributed by atoms with Gasteiger partial charge in [0.2, 0.25) is 0 Å². The lowest BCUT2D eigenvalue weighted by Gasteiger charge is -2.45. The number of hydrogen-bond donors (Lipinski definition) is 0. The van der Waals surface area contributed by atoms with Gasteiger partial charge in [0, 0.05) is 38.4 Å². The van der Waals surface area contributed by atoms with Gasteiger partial charge in [-0.15, -0.1) is 0 Å². The molecule has 13 rings (SSSR count). The number of benzene rings is 9.